The largest absolute Gasteiger partial charge is 0.494 e. The average molecular weight is 281 g/mol. The maximum Gasteiger partial charge on any atom is 0.161 e. The molecule has 2 heterocycles. The summed E-state index contributed by atoms with van der Waals surface area (Å²) >= 11 is 1.75. The lowest BCUT2D eigenvalue weighted by Gasteiger charge is -2.32. The molecule has 0 aliphatic carbocycles. The highest BCUT2D eigenvalue weighted by atomic mass is 32.2. The van der Waals surface area contributed by atoms with Crippen LogP contribution < -0.4 is 20.9 Å². The van der Waals surface area contributed by atoms with Crippen molar-refractivity contribution in [2.75, 3.05) is 38.3 Å². The molecule has 1 aromatic rings. The van der Waals surface area contributed by atoms with E-state index in [2.05, 4.69) is 4.90 Å². The molecule has 1 atom stereocenters. The van der Waals surface area contributed by atoms with Crippen molar-refractivity contribution >= 4 is 23.1 Å². The number of rotatable bonds is 2. The molecule has 0 spiro atoms. The summed E-state index contributed by atoms with van der Waals surface area (Å²) in [5, 5.41) is 0.338. The molecule has 104 valence electrons. The second kappa shape index (κ2) is 5.02. The van der Waals surface area contributed by atoms with Crippen molar-refractivity contribution in [2.45, 2.75) is 23.1 Å². The number of hydrogen-bond donors (Lipinski definition) is 2. The second-order valence-electron chi connectivity index (χ2n) is 4.87. The zero-order valence-corrected chi connectivity index (χ0v) is 11.8. The number of nitrogens with zero attached hydrogens (tertiary/aromatic N) is 1. The van der Waals surface area contributed by atoms with Crippen LogP contribution in [0.3, 0.4) is 0 Å². The number of hydrogen-bond acceptors (Lipinski definition) is 6. The third-order valence-electron chi connectivity index (χ3n) is 3.66. The highest BCUT2D eigenvalue weighted by Gasteiger charge is 2.31. The fourth-order valence-electron chi connectivity index (χ4n) is 2.62. The minimum absolute atomic E-state index is 0.338. The van der Waals surface area contributed by atoms with Gasteiger partial charge >= 0.3 is 0 Å². The van der Waals surface area contributed by atoms with Crippen LogP contribution in [-0.2, 0) is 0 Å². The topological polar surface area (TPSA) is 73.7 Å². The van der Waals surface area contributed by atoms with Crippen LogP contribution in [0.25, 0.3) is 0 Å². The van der Waals surface area contributed by atoms with Gasteiger partial charge in [0.1, 0.15) is 18.0 Å². The molecule has 1 saturated heterocycles. The minimum atomic E-state index is 0.338. The fourth-order valence-corrected chi connectivity index (χ4v) is 3.86. The molecule has 0 radical (unpaired) electrons. The molecule has 6 heteroatoms. The Kier molecular flexibility index (Phi) is 3.36. The standard InChI is InChI=1S/C13H19N3O2S/c1-17-9-6-8(14)13-12(11(9)15)18-7-10(19-13)16-4-2-3-5-16/h6,10H,2-5,7,14-15H2,1H3. The number of benzene rings is 1. The lowest BCUT2D eigenvalue weighted by atomic mass is 10.2. The van der Waals surface area contributed by atoms with Crippen LogP contribution in [0.1, 0.15) is 12.8 Å². The van der Waals surface area contributed by atoms with Crippen molar-refractivity contribution in [1.29, 1.82) is 0 Å². The van der Waals surface area contributed by atoms with E-state index in [1.54, 1.807) is 24.9 Å². The number of ether oxygens (including phenoxy) is 2. The van der Waals surface area contributed by atoms with E-state index in [-0.39, 0.29) is 0 Å². The van der Waals surface area contributed by atoms with E-state index in [9.17, 15) is 0 Å². The number of nitrogen functional groups attached to an aromatic ring is 2. The summed E-state index contributed by atoms with van der Waals surface area (Å²) in [4.78, 5) is 3.40. The molecule has 1 fully saturated rings. The molecule has 3 rings (SSSR count). The van der Waals surface area contributed by atoms with E-state index >= 15 is 0 Å². The van der Waals surface area contributed by atoms with Gasteiger partial charge in [0.2, 0.25) is 0 Å². The van der Waals surface area contributed by atoms with Gasteiger partial charge in [0.25, 0.3) is 0 Å². The first kappa shape index (κ1) is 12.7. The van der Waals surface area contributed by atoms with Crippen LogP contribution >= 0.6 is 11.8 Å². The molecule has 0 amide bonds. The van der Waals surface area contributed by atoms with Crippen molar-refractivity contribution in [2.24, 2.45) is 0 Å². The van der Waals surface area contributed by atoms with E-state index in [0.717, 1.165) is 18.0 Å². The van der Waals surface area contributed by atoms with Gasteiger partial charge < -0.3 is 20.9 Å². The first-order chi connectivity index (χ1) is 9.20. The minimum Gasteiger partial charge on any atom is -0.494 e. The number of methoxy groups -OCH3 is 1. The van der Waals surface area contributed by atoms with E-state index < -0.39 is 0 Å². The Morgan fingerprint density at radius 2 is 2.11 bits per heavy atom. The number of thioether (sulfide) groups is 1. The Morgan fingerprint density at radius 3 is 2.79 bits per heavy atom. The Morgan fingerprint density at radius 1 is 1.37 bits per heavy atom. The molecule has 0 bridgehead atoms. The van der Waals surface area contributed by atoms with Crippen molar-refractivity contribution < 1.29 is 9.47 Å². The zero-order chi connectivity index (χ0) is 13.4. The molecular formula is C13H19N3O2S. The van der Waals surface area contributed by atoms with Gasteiger partial charge in [-0.15, -0.1) is 0 Å². The van der Waals surface area contributed by atoms with E-state index in [1.807, 2.05) is 0 Å². The maximum atomic E-state index is 6.09. The van der Waals surface area contributed by atoms with Gasteiger partial charge in [0.15, 0.2) is 5.75 Å². The molecule has 2 aliphatic rings. The summed E-state index contributed by atoms with van der Waals surface area (Å²) in [7, 11) is 1.58. The Hall–Kier alpha value is -1.27. The van der Waals surface area contributed by atoms with Crippen LogP contribution in [0.15, 0.2) is 11.0 Å². The van der Waals surface area contributed by atoms with Gasteiger partial charge in [-0.3, -0.25) is 4.90 Å². The normalized spacial score (nSPS) is 22.9. The zero-order valence-electron chi connectivity index (χ0n) is 11.0. The van der Waals surface area contributed by atoms with Crippen molar-refractivity contribution in [3.8, 4) is 11.5 Å². The number of likely N-dealkylation sites (tertiary alicyclic amines) is 1. The van der Waals surface area contributed by atoms with Gasteiger partial charge in [-0.2, -0.15) is 0 Å². The summed E-state index contributed by atoms with van der Waals surface area (Å²) in [6.07, 6.45) is 2.54. The first-order valence-corrected chi connectivity index (χ1v) is 7.38. The lowest BCUT2D eigenvalue weighted by molar-refractivity contribution is 0.207. The summed E-state index contributed by atoms with van der Waals surface area (Å²) in [5.41, 5.74) is 13.4. The van der Waals surface area contributed by atoms with Crippen molar-refractivity contribution in [1.82, 2.24) is 4.90 Å². The molecule has 2 aliphatic heterocycles. The lowest BCUT2D eigenvalue weighted by Crippen LogP contribution is -2.36. The molecule has 1 aromatic carbocycles. The molecular weight excluding hydrogens is 262 g/mol. The fraction of sp³-hybridized carbons (Fsp3) is 0.538. The summed E-state index contributed by atoms with van der Waals surface area (Å²) in [5.74, 6) is 1.26. The van der Waals surface area contributed by atoms with E-state index in [0.29, 0.717) is 34.9 Å². The van der Waals surface area contributed by atoms with Crippen LogP contribution in [0.4, 0.5) is 11.4 Å². The Bertz CT molecular complexity index is 489. The molecule has 5 nitrogen and oxygen atoms in total. The molecule has 0 saturated carbocycles. The van der Waals surface area contributed by atoms with Gasteiger partial charge in [-0.25, -0.2) is 0 Å². The maximum absolute atomic E-state index is 6.09. The summed E-state index contributed by atoms with van der Waals surface area (Å²) in [6.45, 7) is 2.93. The van der Waals surface area contributed by atoms with Gasteiger partial charge in [0, 0.05) is 6.07 Å². The third-order valence-corrected chi connectivity index (χ3v) is 5.02. The second-order valence-corrected chi connectivity index (χ2v) is 6.05. The highest BCUT2D eigenvalue weighted by Crippen LogP contribution is 2.49. The predicted octanol–water partition coefficient (Wildman–Crippen LogP) is 1.77. The third kappa shape index (κ3) is 2.19. The van der Waals surface area contributed by atoms with Crippen molar-refractivity contribution in [3.05, 3.63) is 6.07 Å². The van der Waals surface area contributed by atoms with Crippen LogP contribution in [0.2, 0.25) is 0 Å². The SMILES string of the molecule is COc1cc(N)c2c(c1N)OCC(N1CCCC1)S2. The first-order valence-electron chi connectivity index (χ1n) is 6.50. The molecule has 1 unspecified atom stereocenters. The Labute approximate surface area is 117 Å². The predicted molar refractivity (Wildman–Crippen MR) is 77.8 cm³/mol. The van der Waals surface area contributed by atoms with Crippen LogP contribution in [0.5, 0.6) is 11.5 Å². The van der Waals surface area contributed by atoms with Gasteiger partial charge in [-0.05, 0) is 25.9 Å². The van der Waals surface area contributed by atoms with Crippen LogP contribution in [-0.4, -0.2) is 37.1 Å². The smallest absolute Gasteiger partial charge is 0.161 e. The van der Waals surface area contributed by atoms with Gasteiger partial charge in [0.05, 0.1) is 23.1 Å². The molecule has 19 heavy (non-hydrogen) atoms. The van der Waals surface area contributed by atoms with E-state index in [4.69, 9.17) is 20.9 Å². The number of anilines is 2. The Balaban J connectivity index is 1.90. The van der Waals surface area contributed by atoms with Gasteiger partial charge in [-0.1, -0.05) is 11.8 Å². The monoisotopic (exact) mass is 281 g/mol. The number of fused-ring (bicyclic) bond motifs is 1. The highest BCUT2D eigenvalue weighted by molar-refractivity contribution is 8.00. The summed E-state index contributed by atoms with van der Waals surface area (Å²) in [6, 6.07) is 1.77. The van der Waals surface area contributed by atoms with Crippen molar-refractivity contribution in [3.63, 3.8) is 0 Å². The summed E-state index contributed by atoms with van der Waals surface area (Å²) < 4.78 is 11.1. The average Bonchev–Trinajstić information content (AvgIpc) is 2.96. The quantitative estimate of drug-likeness (QED) is 0.805. The molecule has 0 aromatic heterocycles. The number of nitrogens with two attached hydrogens (primary N) is 2. The van der Waals surface area contributed by atoms with Crippen LogP contribution in [0, 0.1) is 0 Å². The molecule has 4 N–H and O–H groups in total. The van der Waals surface area contributed by atoms with E-state index in [1.165, 1.54) is 12.8 Å².